The van der Waals surface area contributed by atoms with E-state index in [0.717, 1.165) is 57.5 Å². The maximum Gasteiger partial charge on any atom is 0.218 e. The van der Waals surface area contributed by atoms with E-state index in [1.807, 2.05) is 12.1 Å². The van der Waals surface area contributed by atoms with Crippen LogP contribution in [0.2, 0.25) is 0 Å². The molecule has 2 aliphatic rings. The first-order chi connectivity index (χ1) is 12.3. The highest BCUT2D eigenvalue weighted by atomic mass is 16.5. The van der Waals surface area contributed by atoms with Crippen molar-refractivity contribution in [3.05, 3.63) is 23.9 Å². The lowest BCUT2D eigenvalue weighted by molar-refractivity contribution is 0.0195. The molecule has 0 aromatic carbocycles. The van der Waals surface area contributed by atoms with Gasteiger partial charge in [-0.3, -0.25) is 4.90 Å². The molecule has 1 N–H and O–H groups in total. The number of nitrogens with zero attached hydrogens (tertiary/aromatic N) is 4. The number of nitrogens with one attached hydrogen (secondary N) is 1. The van der Waals surface area contributed by atoms with Gasteiger partial charge < -0.3 is 19.7 Å². The summed E-state index contributed by atoms with van der Waals surface area (Å²) in [7, 11) is 1.65. The molecule has 0 bridgehead atoms. The minimum Gasteiger partial charge on any atom is -0.481 e. The molecule has 25 heavy (non-hydrogen) atoms. The maximum atomic E-state index is 5.47. The Hall–Kier alpha value is -1.86. The number of aliphatic imine (C=N–C) groups is 1. The molecule has 3 rings (SSSR count). The molecule has 138 valence electrons. The number of hydrogen-bond donors (Lipinski definition) is 1. The second kappa shape index (κ2) is 9.01. The van der Waals surface area contributed by atoms with E-state index in [-0.39, 0.29) is 0 Å². The van der Waals surface area contributed by atoms with Crippen molar-refractivity contribution >= 4 is 5.96 Å². The van der Waals surface area contributed by atoms with E-state index in [1.54, 1.807) is 13.3 Å². The van der Waals surface area contributed by atoms with Crippen molar-refractivity contribution in [1.29, 1.82) is 0 Å². The van der Waals surface area contributed by atoms with Gasteiger partial charge in [0.05, 0.1) is 26.9 Å². The molecule has 0 saturated carbocycles. The number of aromatic nitrogens is 1. The third kappa shape index (κ3) is 4.61. The first-order valence-electron chi connectivity index (χ1n) is 9.14. The van der Waals surface area contributed by atoms with Crippen molar-refractivity contribution in [2.45, 2.75) is 25.9 Å². The zero-order chi connectivity index (χ0) is 17.5. The van der Waals surface area contributed by atoms with Gasteiger partial charge in [0.1, 0.15) is 0 Å². The van der Waals surface area contributed by atoms with Gasteiger partial charge >= 0.3 is 0 Å². The second-order valence-corrected chi connectivity index (χ2v) is 6.38. The van der Waals surface area contributed by atoms with Crippen LogP contribution in [0.3, 0.4) is 0 Å². The highest BCUT2D eigenvalue weighted by Crippen LogP contribution is 2.18. The summed E-state index contributed by atoms with van der Waals surface area (Å²) in [5.41, 5.74) is 1.00. The van der Waals surface area contributed by atoms with Gasteiger partial charge in [-0.1, -0.05) is 6.07 Å². The Bertz CT molecular complexity index is 574. The predicted octanol–water partition coefficient (Wildman–Crippen LogP) is 0.962. The van der Waals surface area contributed by atoms with Gasteiger partial charge in [0.2, 0.25) is 5.88 Å². The second-order valence-electron chi connectivity index (χ2n) is 6.38. The highest BCUT2D eigenvalue weighted by molar-refractivity contribution is 5.80. The van der Waals surface area contributed by atoms with Crippen LogP contribution in [0.15, 0.2) is 23.3 Å². The highest BCUT2D eigenvalue weighted by Gasteiger charge is 2.30. The molecule has 0 amide bonds. The Balaban J connectivity index is 1.64. The third-order valence-electron chi connectivity index (χ3n) is 4.80. The molecule has 3 heterocycles. The Kier molecular flexibility index (Phi) is 6.47. The van der Waals surface area contributed by atoms with E-state index in [1.165, 1.54) is 6.42 Å². The monoisotopic (exact) mass is 347 g/mol. The number of hydrogen-bond acceptors (Lipinski definition) is 5. The normalized spacial score (nSPS) is 22.2. The lowest BCUT2D eigenvalue weighted by Crippen LogP contribution is -2.46. The van der Waals surface area contributed by atoms with E-state index in [2.05, 4.69) is 27.0 Å². The van der Waals surface area contributed by atoms with E-state index in [4.69, 9.17) is 14.5 Å². The van der Waals surface area contributed by atoms with E-state index in [0.29, 0.717) is 18.5 Å². The topological polar surface area (TPSA) is 62.2 Å². The first-order valence-corrected chi connectivity index (χ1v) is 9.14. The number of pyridine rings is 1. The van der Waals surface area contributed by atoms with Gasteiger partial charge in [-0.25, -0.2) is 9.98 Å². The summed E-state index contributed by atoms with van der Waals surface area (Å²) in [5.74, 6) is 1.62. The Morgan fingerprint density at radius 3 is 3.00 bits per heavy atom. The largest absolute Gasteiger partial charge is 0.481 e. The van der Waals surface area contributed by atoms with Gasteiger partial charge in [0, 0.05) is 50.5 Å². The minimum absolute atomic E-state index is 0.568. The van der Waals surface area contributed by atoms with Crippen LogP contribution >= 0.6 is 0 Å². The molecule has 1 aromatic rings. The molecule has 1 atom stereocenters. The molecular formula is C18H29N5O2. The standard InChI is InChI=1S/C18H29N5O2/c1-3-19-18(21-13-15-5-4-7-20-17(15)24-2)23-8-6-16(14-23)22-9-11-25-12-10-22/h4-5,7,16H,3,6,8-14H2,1-2H3,(H,19,21). The van der Waals surface area contributed by atoms with Crippen LogP contribution in [0, 0.1) is 0 Å². The van der Waals surface area contributed by atoms with Crippen LogP contribution in [0.1, 0.15) is 18.9 Å². The zero-order valence-corrected chi connectivity index (χ0v) is 15.3. The summed E-state index contributed by atoms with van der Waals surface area (Å²) in [6.07, 6.45) is 2.92. The lowest BCUT2D eigenvalue weighted by Gasteiger charge is -2.32. The molecule has 7 heteroatoms. The Morgan fingerprint density at radius 1 is 1.40 bits per heavy atom. The molecule has 1 unspecified atom stereocenters. The van der Waals surface area contributed by atoms with Crippen LogP contribution < -0.4 is 10.1 Å². The van der Waals surface area contributed by atoms with Crippen LogP contribution in [0.25, 0.3) is 0 Å². The summed E-state index contributed by atoms with van der Waals surface area (Å²) < 4.78 is 10.8. The Morgan fingerprint density at radius 2 is 2.24 bits per heavy atom. The number of morpholine rings is 1. The molecule has 2 saturated heterocycles. The molecular weight excluding hydrogens is 318 g/mol. The number of methoxy groups -OCH3 is 1. The summed E-state index contributed by atoms with van der Waals surface area (Å²) in [5, 5.41) is 3.43. The quantitative estimate of drug-likeness (QED) is 0.632. The molecule has 2 aliphatic heterocycles. The van der Waals surface area contributed by atoms with Crippen LogP contribution in [0.4, 0.5) is 0 Å². The van der Waals surface area contributed by atoms with Gasteiger partial charge in [-0.2, -0.15) is 0 Å². The number of likely N-dealkylation sites (tertiary alicyclic amines) is 1. The van der Waals surface area contributed by atoms with Crippen molar-refractivity contribution in [2.75, 3.05) is 53.0 Å². The average Bonchev–Trinajstić information content (AvgIpc) is 3.16. The summed E-state index contributed by atoms with van der Waals surface area (Å²) >= 11 is 0. The van der Waals surface area contributed by atoms with Crippen LogP contribution in [-0.2, 0) is 11.3 Å². The van der Waals surface area contributed by atoms with Gasteiger partial charge in [-0.15, -0.1) is 0 Å². The summed E-state index contributed by atoms with van der Waals surface area (Å²) in [6.45, 7) is 9.39. The van der Waals surface area contributed by atoms with E-state index in [9.17, 15) is 0 Å². The molecule has 0 radical (unpaired) electrons. The zero-order valence-electron chi connectivity index (χ0n) is 15.3. The van der Waals surface area contributed by atoms with E-state index < -0.39 is 0 Å². The van der Waals surface area contributed by atoms with Crippen LogP contribution in [0.5, 0.6) is 5.88 Å². The smallest absolute Gasteiger partial charge is 0.218 e. The maximum absolute atomic E-state index is 5.47. The fourth-order valence-electron chi connectivity index (χ4n) is 3.49. The van der Waals surface area contributed by atoms with Gasteiger partial charge in [0.25, 0.3) is 0 Å². The van der Waals surface area contributed by atoms with Crippen molar-refractivity contribution in [1.82, 2.24) is 20.1 Å². The van der Waals surface area contributed by atoms with Crippen molar-refractivity contribution in [2.24, 2.45) is 4.99 Å². The molecule has 2 fully saturated rings. The first kappa shape index (κ1) is 17.9. The SMILES string of the molecule is CCNC(=NCc1cccnc1OC)N1CCC(N2CCOCC2)C1. The summed E-state index contributed by atoms with van der Waals surface area (Å²) in [6, 6.07) is 4.53. The van der Waals surface area contributed by atoms with Gasteiger partial charge in [0.15, 0.2) is 5.96 Å². The van der Waals surface area contributed by atoms with Crippen molar-refractivity contribution in [3.63, 3.8) is 0 Å². The molecule has 1 aromatic heterocycles. The van der Waals surface area contributed by atoms with Crippen molar-refractivity contribution < 1.29 is 9.47 Å². The molecule has 0 spiro atoms. The lowest BCUT2D eigenvalue weighted by atomic mass is 10.2. The minimum atomic E-state index is 0.568. The average molecular weight is 347 g/mol. The fraction of sp³-hybridized carbons (Fsp3) is 0.667. The predicted molar refractivity (Wildman–Crippen MR) is 98.0 cm³/mol. The third-order valence-corrected chi connectivity index (χ3v) is 4.80. The number of rotatable bonds is 5. The van der Waals surface area contributed by atoms with Crippen LogP contribution in [-0.4, -0.2) is 79.8 Å². The van der Waals surface area contributed by atoms with Gasteiger partial charge in [-0.05, 0) is 19.4 Å². The fourth-order valence-corrected chi connectivity index (χ4v) is 3.49. The number of guanidine groups is 1. The Labute approximate surface area is 150 Å². The molecule has 7 nitrogen and oxygen atoms in total. The molecule has 0 aliphatic carbocycles. The number of ether oxygens (including phenoxy) is 2. The van der Waals surface area contributed by atoms with Crippen molar-refractivity contribution in [3.8, 4) is 5.88 Å². The summed E-state index contributed by atoms with van der Waals surface area (Å²) in [4.78, 5) is 14.0. The van der Waals surface area contributed by atoms with E-state index >= 15 is 0 Å².